The Morgan fingerprint density at radius 2 is 2.00 bits per heavy atom. The van der Waals surface area contributed by atoms with Gasteiger partial charge in [0.1, 0.15) is 11.5 Å². The third kappa shape index (κ3) is 5.04. The topological polar surface area (TPSA) is 47.6 Å². The summed E-state index contributed by atoms with van der Waals surface area (Å²) in [5.74, 6) is 1.62. The van der Waals surface area contributed by atoms with Gasteiger partial charge in [-0.3, -0.25) is 4.79 Å². The van der Waals surface area contributed by atoms with Gasteiger partial charge in [-0.2, -0.15) is 0 Å². The van der Waals surface area contributed by atoms with Gasteiger partial charge in [-0.05, 0) is 24.5 Å². The van der Waals surface area contributed by atoms with Crippen LogP contribution in [-0.4, -0.2) is 31.5 Å². The maximum absolute atomic E-state index is 12.2. The molecule has 1 unspecified atom stereocenters. The van der Waals surface area contributed by atoms with E-state index in [0.717, 1.165) is 6.42 Å². The number of halogens is 1. The molecule has 0 aliphatic carbocycles. The number of hydrogen-bond acceptors (Lipinski definition) is 3. The molecule has 5 heteroatoms. The minimum absolute atomic E-state index is 0.141. The summed E-state index contributed by atoms with van der Waals surface area (Å²) in [7, 11) is 3.12. The van der Waals surface area contributed by atoms with Gasteiger partial charge in [-0.1, -0.05) is 29.8 Å². The predicted octanol–water partition coefficient (Wildman–Crippen LogP) is 3.24. The second kappa shape index (κ2) is 8.15. The summed E-state index contributed by atoms with van der Waals surface area (Å²) in [6, 6.07) is 5.16. The van der Waals surface area contributed by atoms with Gasteiger partial charge >= 0.3 is 0 Å². The van der Waals surface area contributed by atoms with E-state index in [4.69, 9.17) is 9.47 Å². The number of hydrogen-bond donors (Lipinski definition) is 1. The minimum Gasteiger partial charge on any atom is -0.497 e. The van der Waals surface area contributed by atoms with Crippen molar-refractivity contribution in [3.63, 3.8) is 0 Å². The molecule has 1 atom stereocenters. The van der Waals surface area contributed by atoms with E-state index in [0.29, 0.717) is 29.5 Å². The average molecular weight is 344 g/mol. The van der Waals surface area contributed by atoms with Crippen LogP contribution in [0.2, 0.25) is 0 Å². The molecule has 112 valence electrons. The molecule has 0 aliphatic rings. The van der Waals surface area contributed by atoms with E-state index in [1.54, 1.807) is 25.3 Å². The lowest BCUT2D eigenvalue weighted by atomic mass is 10.1. The smallest absolute Gasteiger partial charge is 0.255 e. The zero-order chi connectivity index (χ0) is 15.1. The van der Waals surface area contributed by atoms with Crippen molar-refractivity contribution in [3.8, 4) is 11.5 Å². The van der Waals surface area contributed by atoms with E-state index < -0.39 is 0 Å². The van der Waals surface area contributed by atoms with E-state index in [2.05, 4.69) is 35.1 Å². The van der Waals surface area contributed by atoms with Gasteiger partial charge in [-0.15, -0.1) is 0 Å². The van der Waals surface area contributed by atoms with E-state index in [-0.39, 0.29) is 10.7 Å². The lowest BCUT2D eigenvalue weighted by molar-refractivity contribution is 0.0950. The summed E-state index contributed by atoms with van der Waals surface area (Å²) in [5.41, 5.74) is 0.512. The maximum atomic E-state index is 12.2. The fraction of sp³-hybridized carbons (Fsp3) is 0.533. The SMILES string of the molecule is COc1ccc(C(=O)NCC(Br)CC(C)C)c(OC)c1. The monoisotopic (exact) mass is 343 g/mol. The standard InChI is InChI=1S/C15H22BrNO3/c1-10(2)7-11(16)9-17-15(18)13-6-5-12(19-3)8-14(13)20-4/h5-6,8,10-11H,7,9H2,1-4H3,(H,17,18). The van der Waals surface area contributed by atoms with Gasteiger partial charge in [0.15, 0.2) is 0 Å². The highest BCUT2D eigenvalue weighted by Gasteiger charge is 2.15. The lowest BCUT2D eigenvalue weighted by Gasteiger charge is -2.14. The highest BCUT2D eigenvalue weighted by Crippen LogP contribution is 2.24. The molecular weight excluding hydrogens is 322 g/mol. The average Bonchev–Trinajstić information content (AvgIpc) is 2.43. The van der Waals surface area contributed by atoms with Gasteiger partial charge < -0.3 is 14.8 Å². The molecule has 0 aliphatic heterocycles. The van der Waals surface area contributed by atoms with Gasteiger partial charge in [0.2, 0.25) is 0 Å². The van der Waals surface area contributed by atoms with Crippen LogP contribution in [0.15, 0.2) is 18.2 Å². The third-order valence-corrected chi connectivity index (χ3v) is 3.56. The molecule has 20 heavy (non-hydrogen) atoms. The van der Waals surface area contributed by atoms with Crippen molar-refractivity contribution in [2.24, 2.45) is 5.92 Å². The van der Waals surface area contributed by atoms with Crippen LogP contribution < -0.4 is 14.8 Å². The Bertz CT molecular complexity index is 449. The molecule has 0 saturated carbocycles. The number of ether oxygens (including phenoxy) is 2. The largest absolute Gasteiger partial charge is 0.497 e. The second-order valence-electron chi connectivity index (χ2n) is 5.00. The Kier molecular flexibility index (Phi) is 6.85. The quantitative estimate of drug-likeness (QED) is 0.773. The fourth-order valence-electron chi connectivity index (χ4n) is 1.88. The van der Waals surface area contributed by atoms with Crippen molar-refractivity contribution in [2.75, 3.05) is 20.8 Å². The number of benzene rings is 1. The summed E-state index contributed by atoms with van der Waals surface area (Å²) in [5, 5.41) is 2.91. The van der Waals surface area contributed by atoms with E-state index in [1.807, 2.05) is 0 Å². The van der Waals surface area contributed by atoms with Gasteiger partial charge in [0.25, 0.3) is 5.91 Å². The Hall–Kier alpha value is -1.23. The maximum Gasteiger partial charge on any atom is 0.255 e. The summed E-state index contributed by atoms with van der Waals surface area (Å²) in [6.07, 6.45) is 1.01. The van der Waals surface area contributed by atoms with Crippen molar-refractivity contribution < 1.29 is 14.3 Å². The van der Waals surface area contributed by atoms with Crippen molar-refractivity contribution in [3.05, 3.63) is 23.8 Å². The van der Waals surface area contributed by atoms with Crippen LogP contribution in [0.5, 0.6) is 11.5 Å². The number of carbonyl (C=O) groups is 1. The summed E-state index contributed by atoms with van der Waals surface area (Å²) in [4.78, 5) is 12.4. The molecule has 1 rings (SSSR count). The van der Waals surface area contributed by atoms with Crippen LogP contribution in [0.3, 0.4) is 0 Å². The predicted molar refractivity (Wildman–Crippen MR) is 84.0 cm³/mol. The van der Waals surface area contributed by atoms with Gasteiger partial charge in [-0.25, -0.2) is 0 Å². The lowest BCUT2D eigenvalue weighted by Crippen LogP contribution is -2.30. The summed E-state index contributed by atoms with van der Waals surface area (Å²) < 4.78 is 10.3. The van der Waals surface area contributed by atoms with Crippen LogP contribution in [-0.2, 0) is 0 Å². The number of amides is 1. The van der Waals surface area contributed by atoms with Crippen LogP contribution in [0.4, 0.5) is 0 Å². The number of alkyl halides is 1. The molecule has 4 nitrogen and oxygen atoms in total. The van der Waals surface area contributed by atoms with Crippen LogP contribution >= 0.6 is 15.9 Å². The van der Waals surface area contributed by atoms with Crippen molar-refractivity contribution in [1.82, 2.24) is 5.32 Å². The first-order valence-corrected chi connectivity index (χ1v) is 7.53. The molecule has 1 N–H and O–H groups in total. The van der Waals surface area contributed by atoms with Crippen LogP contribution in [0.25, 0.3) is 0 Å². The van der Waals surface area contributed by atoms with Crippen molar-refractivity contribution in [1.29, 1.82) is 0 Å². The zero-order valence-corrected chi connectivity index (χ0v) is 14.0. The normalized spacial score (nSPS) is 12.1. The molecule has 0 bridgehead atoms. The van der Waals surface area contributed by atoms with Crippen molar-refractivity contribution in [2.45, 2.75) is 25.1 Å². The molecule has 0 spiro atoms. The fourth-order valence-corrected chi connectivity index (χ4v) is 2.79. The van der Waals surface area contributed by atoms with Crippen LogP contribution in [0.1, 0.15) is 30.6 Å². The van der Waals surface area contributed by atoms with Gasteiger partial charge in [0.05, 0.1) is 19.8 Å². The molecule has 1 aromatic carbocycles. The number of carbonyl (C=O) groups excluding carboxylic acids is 1. The molecule has 0 fully saturated rings. The number of methoxy groups -OCH3 is 2. The van der Waals surface area contributed by atoms with E-state index >= 15 is 0 Å². The van der Waals surface area contributed by atoms with Crippen molar-refractivity contribution >= 4 is 21.8 Å². The molecule has 1 amide bonds. The first-order chi connectivity index (χ1) is 9.47. The zero-order valence-electron chi connectivity index (χ0n) is 12.4. The molecule has 1 aromatic rings. The Labute approximate surface area is 129 Å². The summed E-state index contributed by atoms with van der Waals surface area (Å²) in [6.45, 7) is 4.90. The van der Waals surface area contributed by atoms with E-state index in [9.17, 15) is 4.79 Å². The highest BCUT2D eigenvalue weighted by molar-refractivity contribution is 9.09. The first kappa shape index (κ1) is 16.8. The summed E-state index contributed by atoms with van der Waals surface area (Å²) >= 11 is 3.57. The molecule has 0 aromatic heterocycles. The molecule has 0 heterocycles. The highest BCUT2D eigenvalue weighted by atomic mass is 79.9. The third-order valence-electron chi connectivity index (χ3n) is 2.86. The molecule has 0 radical (unpaired) electrons. The Morgan fingerprint density at radius 3 is 2.55 bits per heavy atom. The Morgan fingerprint density at radius 1 is 1.30 bits per heavy atom. The van der Waals surface area contributed by atoms with Gasteiger partial charge in [0, 0.05) is 17.4 Å². The minimum atomic E-state index is -0.141. The molecular formula is C15H22BrNO3. The number of nitrogens with one attached hydrogen (secondary N) is 1. The Balaban J connectivity index is 2.67. The van der Waals surface area contributed by atoms with E-state index in [1.165, 1.54) is 7.11 Å². The molecule has 0 saturated heterocycles. The second-order valence-corrected chi connectivity index (χ2v) is 6.30. The first-order valence-electron chi connectivity index (χ1n) is 6.62. The number of rotatable bonds is 7. The van der Waals surface area contributed by atoms with Crippen LogP contribution in [0, 0.1) is 5.92 Å².